The van der Waals surface area contributed by atoms with Crippen molar-refractivity contribution in [3.8, 4) is 21.0 Å². The first-order valence-electron chi connectivity index (χ1n) is 8.83. The van der Waals surface area contributed by atoms with Gasteiger partial charge in [0.2, 0.25) is 0 Å². The van der Waals surface area contributed by atoms with E-state index in [1.165, 1.54) is 17.3 Å². The number of carbonyl (C=O) groups is 1. The Kier molecular flexibility index (Phi) is 6.02. The summed E-state index contributed by atoms with van der Waals surface area (Å²) in [6, 6.07) is 18.4. The lowest BCUT2D eigenvalue weighted by molar-refractivity contribution is -0.153. The molecule has 0 amide bonds. The number of thioether (sulfide) groups is 1. The molecule has 1 unspecified atom stereocenters. The zero-order chi connectivity index (χ0) is 19.4. The number of benzene rings is 2. The molecule has 140 valence electrons. The summed E-state index contributed by atoms with van der Waals surface area (Å²) in [6.45, 7) is 7.53. The van der Waals surface area contributed by atoms with E-state index in [4.69, 9.17) is 4.74 Å². The first-order chi connectivity index (χ1) is 12.8. The Hall–Kier alpha value is -2.11. The van der Waals surface area contributed by atoms with Gasteiger partial charge in [-0.3, -0.25) is 4.79 Å². The van der Waals surface area contributed by atoms with Crippen molar-refractivity contribution in [2.45, 2.75) is 43.4 Å². The molecule has 0 bridgehead atoms. The zero-order valence-corrected chi connectivity index (χ0v) is 17.6. The molecule has 3 nitrogen and oxygen atoms in total. The van der Waals surface area contributed by atoms with E-state index < -0.39 is 5.60 Å². The highest BCUT2D eigenvalue weighted by atomic mass is 32.2. The highest BCUT2D eigenvalue weighted by molar-refractivity contribution is 8.00. The average molecular weight is 398 g/mol. The molecule has 0 fully saturated rings. The third-order valence-corrected chi connectivity index (χ3v) is 5.90. The summed E-state index contributed by atoms with van der Waals surface area (Å²) in [7, 11) is 0. The molecule has 1 heterocycles. The topological polar surface area (TPSA) is 39.2 Å². The minimum absolute atomic E-state index is 0.191. The fraction of sp³-hybridized carbons (Fsp3) is 0.273. The van der Waals surface area contributed by atoms with Crippen LogP contribution in [0.2, 0.25) is 0 Å². The van der Waals surface area contributed by atoms with Crippen LogP contribution < -0.4 is 0 Å². The number of nitrogens with zero attached hydrogens (tertiary/aromatic N) is 1. The first kappa shape index (κ1) is 19.6. The molecule has 1 aromatic heterocycles. The van der Waals surface area contributed by atoms with Gasteiger partial charge in [-0.05, 0) is 45.4 Å². The van der Waals surface area contributed by atoms with Crippen LogP contribution in [-0.2, 0) is 9.53 Å². The Morgan fingerprint density at radius 3 is 2.33 bits per heavy atom. The maximum Gasteiger partial charge on any atom is 0.319 e. The van der Waals surface area contributed by atoms with Gasteiger partial charge in [0.1, 0.15) is 15.9 Å². The maximum absolute atomic E-state index is 12.1. The van der Waals surface area contributed by atoms with Gasteiger partial charge in [-0.1, -0.05) is 42.5 Å². The van der Waals surface area contributed by atoms with Gasteiger partial charge in [0, 0.05) is 16.7 Å². The monoisotopic (exact) mass is 397 g/mol. The van der Waals surface area contributed by atoms with Crippen molar-refractivity contribution in [2.24, 2.45) is 0 Å². The van der Waals surface area contributed by atoms with Crippen LogP contribution in [0, 0.1) is 0 Å². The lowest BCUT2D eigenvalue weighted by atomic mass is 10.2. The van der Waals surface area contributed by atoms with Crippen molar-refractivity contribution in [2.75, 3.05) is 0 Å². The molecular formula is C22H23NO2S2. The van der Waals surface area contributed by atoms with E-state index in [9.17, 15) is 4.79 Å². The first-order valence-corrected chi connectivity index (χ1v) is 10.5. The van der Waals surface area contributed by atoms with E-state index in [0.29, 0.717) is 0 Å². The van der Waals surface area contributed by atoms with Crippen LogP contribution in [0.15, 0.2) is 65.7 Å². The number of esters is 1. The Morgan fingerprint density at radius 2 is 1.70 bits per heavy atom. The van der Waals surface area contributed by atoms with Gasteiger partial charge in [0.05, 0.1) is 4.88 Å². The summed E-state index contributed by atoms with van der Waals surface area (Å²) >= 11 is 3.18. The number of ether oxygens (including phenoxy) is 1. The maximum atomic E-state index is 12.1. The lowest BCUT2D eigenvalue weighted by Crippen LogP contribution is -2.28. The normalized spacial score (nSPS) is 12.6. The van der Waals surface area contributed by atoms with Crippen LogP contribution in [0.25, 0.3) is 21.0 Å². The van der Waals surface area contributed by atoms with Crippen molar-refractivity contribution in [3.63, 3.8) is 0 Å². The predicted molar refractivity (Wildman–Crippen MR) is 114 cm³/mol. The summed E-state index contributed by atoms with van der Waals surface area (Å²) in [4.78, 5) is 18.9. The van der Waals surface area contributed by atoms with Gasteiger partial charge in [-0.15, -0.1) is 23.1 Å². The van der Waals surface area contributed by atoms with Crippen LogP contribution in [-0.4, -0.2) is 21.8 Å². The van der Waals surface area contributed by atoms with E-state index >= 15 is 0 Å². The van der Waals surface area contributed by atoms with Crippen molar-refractivity contribution >= 4 is 29.1 Å². The molecular weight excluding hydrogens is 374 g/mol. The summed E-state index contributed by atoms with van der Waals surface area (Å²) in [5, 5.41) is 0.741. The van der Waals surface area contributed by atoms with E-state index in [-0.39, 0.29) is 11.2 Å². The largest absolute Gasteiger partial charge is 0.459 e. The van der Waals surface area contributed by atoms with E-state index in [1.54, 1.807) is 11.3 Å². The van der Waals surface area contributed by atoms with Crippen LogP contribution in [0.4, 0.5) is 0 Å². The Morgan fingerprint density at radius 1 is 1.04 bits per heavy atom. The van der Waals surface area contributed by atoms with Gasteiger partial charge >= 0.3 is 5.97 Å². The summed E-state index contributed by atoms with van der Waals surface area (Å²) in [6.07, 6.45) is 1.92. The van der Waals surface area contributed by atoms with Gasteiger partial charge in [-0.25, -0.2) is 4.98 Å². The number of thiazole rings is 1. The van der Waals surface area contributed by atoms with Crippen molar-refractivity contribution < 1.29 is 9.53 Å². The molecule has 0 spiro atoms. The van der Waals surface area contributed by atoms with E-state index in [1.807, 2.05) is 64.2 Å². The molecule has 27 heavy (non-hydrogen) atoms. The molecule has 0 saturated heterocycles. The molecule has 5 heteroatoms. The number of carbonyl (C=O) groups excluding carboxylic acids is 1. The van der Waals surface area contributed by atoms with Crippen LogP contribution in [0.1, 0.15) is 27.7 Å². The number of hydrogen-bond donors (Lipinski definition) is 0. The highest BCUT2D eigenvalue weighted by Gasteiger charge is 2.22. The lowest BCUT2D eigenvalue weighted by Gasteiger charge is -2.22. The molecule has 0 N–H and O–H groups in total. The number of rotatable bonds is 5. The number of aromatic nitrogens is 1. The molecule has 1 atom stereocenters. The molecule has 3 rings (SSSR count). The second-order valence-corrected chi connectivity index (χ2v) is 9.66. The SMILES string of the molecule is CC(Sc1ccc(-c2ncc(-c3ccccc3)s2)cc1)C(=O)OC(C)(C)C. The van der Waals surface area contributed by atoms with Gasteiger partial charge in [0.25, 0.3) is 0 Å². The van der Waals surface area contributed by atoms with Gasteiger partial charge in [-0.2, -0.15) is 0 Å². The fourth-order valence-corrected chi connectivity index (χ4v) is 4.23. The average Bonchev–Trinajstić information content (AvgIpc) is 3.12. The van der Waals surface area contributed by atoms with E-state index in [2.05, 4.69) is 29.2 Å². The van der Waals surface area contributed by atoms with Crippen molar-refractivity contribution in [3.05, 3.63) is 60.8 Å². The van der Waals surface area contributed by atoms with Gasteiger partial charge in [0.15, 0.2) is 0 Å². The Balaban J connectivity index is 1.67. The number of hydrogen-bond acceptors (Lipinski definition) is 5. The molecule has 0 radical (unpaired) electrons. The third kappa shape index (κ3) is 5.44. The summed E-state index contributed by atoms with van der Waals surface area (Å²) in [5.74, 6) is -0.191. The van der Waals surface area contributed by atoms with E-state index in [0.717, 1.165) is 20.3 Å². The standard InChI is InChI=1S/C22H23NO2S2/c1-15(21(24)25-22(2,3)4)26-18-12-10-17(11-13-18)20-23-14-19(27-20)16-8-6-5-7-9-16/h5-15H,1-4H3. The second-order valence-electron chi connectivity index (χ2n) is 7.21. The molecule has 0 aliphatic rings. The minimum Gasteiger partial charge on any atom is -0.459 e. The summed E-state index contributed by atoms with van der Waals surface area (Å²) < 4.78 is 5.44. The Labute approximate surface area is 168 Å². The smallest absolute Gasteiger partial charge is 0.319 e. The van der Waals surface area contributed by atoms with Gasteiger partial charge < -0.3 is 4.74 Å². The minimum atomic E-state index is -0.461. The molecule has 3 aromatic rings. The second kappa shape index (κ2) is 8.28. The molecule has 2 aromatic carbocycles. The fourth-order valence-electron chi connectivity index (χ4n) is 2.46. The summed E-state index contributed by atoms with van der Waals surface area (Å²) in [5.41, 5.74) is 1.80. The van der Waals surface area contributed by atoms with Crippen LogP contribution in [0.5, 0.6) is 0 Å². The zero-order valence-electron chi connectivity index (χ0n) is 15.9. The Bertz CT molecular complexity index is 896. The molecule has 0 saturated carbocycles. The third-order valence-electron chi connectivity index (χ3n) is 3.72. The molecule has 0 aliphatic heterocycles. The van der Waals surface area contributed by atoms with Crippen LogP contribution in [0.3, 0.4) is 0 Å². The van der Waals surface area contributed by atoms with Crippen molar-refractivity contribution in [1.29, 1.82) is 0 Å². The van der Waals surface area contributed by atoms with Crippen LogP contribution >= 0.6 is 23.1 Å². The van der Waals surface area contributed by atoms with Crippen molar-refractivity contribution in [1.82, 2.24) is 4.98 Å². The molecule has 0 aliphatic carbocycles. The quantitative estimate of drug-likeness (QED) is 0.374. The highest BCUT2D eigenvalue weighted by Crippen LogP contribution is 2.33. The predicted octanol–water partition coefficient (Wildman–Crippen LogP) is 6.30.